The highest BCUT2D eigenvalue weighted by molar-refractivity contribution is 5.70. The van der Waals surface area contributed by atoms with Crippen molar-refractivity contribution in [2.75, 3.05) is 13.1 Å². The summed E-state index contributed by atoms with van der Waals surface area (Å²) in [5.74, 6) is -0.889. The van der Waals surface area contributed by atoms with Crippen LogP contribution in [0.3, 0.4) is 0 Å². The summed E-state index contributed by atoms with van der Waals surface area (Å²) in [4.78, 5) is 17.2. The highest BCUT2D eigenvalue weighted by Crippen LogP contribution is 2.26. The van der Waals surface area contributed by atoms with Gasteiger partial charge in [0.1, 0.15) is 0 Å². The molecule has 0 spiro atoms. The van der Waals surface area contributed by atoms with Gasteiger partial charge in [-0.15, -0.1) is 0 Å². The Morgan fingerprint density at radius 2 is 2.50 bits per heavy atom. The molecule has 0 amide bonds. The summed E-state index contributed by atoms with van der Waals surface area (Å²) in [7, 11) is 0. The molecule has 16 heavy (non-hydrogen) atoms. The first-order valence-corrected chi connectivity index (χ1v) is 5.55. The summed E-state index contributed by atoms with van der Waals surface area (Å²) in [5.41, 5.74) is 1.15. The maximum absolute atomic E-state index is 10.9. The minimum atomic E-state index is -0.680. The van der Waals surface area contributed by atoms with Gasteiger partial charge < -0.3 is 5.11 Å². The van der Waals surface area contributed by atoms with Gasteiger partial charge in [-0.05, 0) is 31.5 Å². The van der Waals surface area contributed by atoms with E-state index in [1.807, 2.05) is 18.3 Å². The molecule has 4 heteroatoms. The molecule has 1 aliphatic rings. The molecule has 0 bridgehead atoms. The third kappa shape index (κ3) is 2.22. The normalized spacial score (nSPS) is 23.2. The topological polar surface area (TPSA) is 53.4 Å². The fraction of sp³-hybridized carbons (Fsp3) is 0.500. The largest absolute Gasteiger partial charge is 0.481 e. The van der Waals surface area contributed by atoms with Gasteiger partial charge >= 0.3 is 5.97 Å². The highest BCUT2D eigenvalue weighted by Gasteiger charge is 2.30. The van der Waals surface area contributed by atoms with Crippen molar-refractivity contribution in [2.45, 2.75) is 19.4 Å². The zero-order chi connectivity index (χ0) is 11.5. The molecule has 1 fully saturated rings. The van der Waals surface area contributed by atoms with Gasteiger partial charge in [0.2, 0.25) is 0 Å². The van der Waals surface area contributed by atoms with Crippen molar-refractivity contribution >= 4 is 5.97 Å². The van der Waals surface area contributed by atoms with Gasteiger partial charge in [0, 0.05) is 25.0 Å². The molecule has 2 atom stereocenters. The second kappa shape index (κ2) is 4.61. The molecule has 2 heterocycles. The molecule has 0 radical (unpaired) electrons. The van der Waals surface area contributed by atoms with Crippen LogP contribution >= 0.6 is 0 Å². The Morgan fingerprint density at radius 3 is 3.06 bits per heavy atom. The average Bonchev–Trinajstić information content (AvgIpc) is 2.78. The standard InChI is InChI=1S/C12H16N2O2/c1-9(10-3-2-5-13-7-10)14-6-4-11(8-14)12(15)16/h2-3,5,7,9,11H,4,6,8H2,1H3,(H,15,16). The first-order valence-electron chi connectivity index (χ1n) is 5.55. The molecule has 1 aliphatic heterocycles. The van der Waals surface area contributed by atoms with Crippen molar-refractivity contribution < 1.29 is 9.90 Å². The van der Waals surface area contributed by atoms with E-state index in [0.717, 1.165) is 18.5 Å². The number of nitrogens with zero attached hydrogens (tertiary/aromatic N) is 2. The van der Waals surface area contributed by atoms with Crippen LogP contribution in [-0.4, -0.2) is 34.0 Å². The van der Waals surface area contributed by atoms with Gasteiger partial charge in [0.05, 0.1) is 5.92 Å². The van der Waals surface area contributed by atoms with E-state index < -0.39 is 5.97 Å². The third-order valence-electron chi connectivity index (χ3n) is 3.28. The molecule has 4 nitrogen and oxygen atoms in total. The molecule has 0 aromatic carbocycles. The Hall–Kier alpha value is -1.42. The molecule has 1 aromatic heterocycles. The fourth-order valence-corrected chi connectivity index (χ4v) is 2.17. The minimum absolute atomic E-state index is 0.209. The maximum atomic E-state index is 10.9. The van der Waals surface area contributed by atoms with E-state index in [2.05, 4.69) is 16.8 Å². The van der Waals surface area contributed by atoms with Gasteiger partial charge in [-0.3, -0.25) is 14.7 Å². The quantitative estimate of drug-likeness (QED) is 0.839. The molecular weight excluding hydrogens is 204 g/mol. The summed E-state index contributed by atoms with van der Waals surface area (Å²) < 4.78 is 0. The van der Waals surface area contributed by atoms with Crippen LogP contribution in [0.25, 0.3) is 0 Å². The number of aliphatic carboxylic acids is 1. The summed E-state index contributed by atoms with van der Waals surface area (Å²) >= 11 is 0. The molecule has 1 aromatic rings. The van der Waals surface area contributed by atoms with E-state index in [1.54, 1.807) is 6.20 Å². The van der Waals surface area contributed by atoms with E-state index in [9.17, 15) is 4.79 Å². The SMILES string of the molecule is CC(c1cccnc1)N1CCC(C(=O)O)C1. The van der Waals surface area contributed by atoms with Crippen LogP contribution in [0, 0.1) is 5.92 Å². The number of carboxylic acids is 1. The average molecular weight is 220 g/mol. The van der Waals surface area contributed by atoms with Gasteiger partial charge in [-0.25, -0.2) is 0 Å². The van der Waals surface area contributed by atoms with Crippen LogP contribution in [0.2, 0.25) is 0 Å². The van der Waals surface area contributed by atoms with E-state index in [0.29, 0.717) is 6.54 Å². The number of likely N-dealkylation sites (tertiary alicyclic amines) is 1. The number of carboxylic acid groups (broad SMARTS) is 1. The lowest BCUT2D eigenvalue weighted by Gasteiger charge is -2.23. The minimum Gasteiger partial charge on any atom is -0.481 e. The van der Waals surface area contributed by atoms with Crippen LogP contribution < -0.4 is 0 Å². The predicted molar refractivity (Wildman–Crippen MR) is 60.0 cm³/mol. The van der Waals surface area contributed by atoms with Crippen molar-refractivity contribution in [3.63, 3.8) is 0 Å². The number of carbonyl (C=O) groups is 1. The van der Waals surface area contributed by atoms with Crippen LogP contribution in [0.5, 0.6) is 0 Å². The molecule has 86 valence electrons. The Morgan fingerprint density at radius 1 is 1.69 bits per heavy atom. The Balaban J connectivity index is 2.02. The van der Waals surface area contributed by atoms with E-state index in [1.165, 1.54) is 0 Å². The summed E-state index contributed by atoms with van der Waals surface area (Å²) in [6.07, 6.45) is 4.35. The van der Waals surface area contributed by atoms with Crippen molar-refractivity contribution in [3.05, 3.63) is 30.1 Å². The molecule has 2 rings (SSSR count). The fourth-order valence-electron chi connectivity index (χ4n) is 2.17. The maximum Gasteiger partial charge on any atom is 0.307 e. The molecule has 1 saturated heterocycles. The monoisotopic (exact) mass is 220 g/mol. The first-order chi connectivity index (χ1) is 7.68. The third-order valence-corrected chi connectivity index (χ3v) is 3.28. The van der Waals surface area contributed by atoms with Gasteiger partial charge in [-0.1, -0.05) is 6.07 Å². The van der Waals surface area contributed by atoms with Crippen molar-refractivity contribution in [1.82, 2.24) is 9.88 Å². The number of aromatic nitrogens is 1. The van der Waals surface area contributed by atoms with Crippen LogP contribution in [0.4, 0.5) is 0 Å². The Labute approximate surface area is 94.9 Å². The van der Waals surface area contributed by atoms with E-state index >= 15 is 0 Å². The van der Waals surface area contributed by atoms with Crippen LogP contribution in [-0.2, 0) is 4.79 Å². The number of rotatable bonds is 3. The number of hydrogen-bond donors (Lipinski definition) is 1. The van der Waals surface area contributed by atoms with Crippen molar-refractivity contribution in [1.29, 1.82) is 0 Å². The van der Waals surface area contributed by atoms with Gasteiger partial charge in [0.15, 0.2) is 0 Å². The van der Waals surface area contributed by atoms with Crippen molar-refractivity contribution in [2.24, 2.45) is 5.92 Å². The second-order valence-corrected chi connectivity index (χ2v) is 4.28. The summed E-state index contributed by atoms with van der Waals surface area (Å²) in [6, 6.07) is 4.19. The second-order valence-electron chi connectivity index (χ2n) is 4.28. The van der Waals surface area contributed by atoms with Gasteiger partial charge in [0.25, 0.3) is 0 Å². The Bertz CT molecular complexity index is 367. The number of pyridine rings is 1. The number of hydrogen-bond acceptors (Lipinski definition) is 3. The predicted octanol–water partition coefficient (Wildman–Crippen LogP) is 1.55. The molecular formula is C12H16N2O2. The van der Waals surface area contributed by atoms with Gasteiger partial charge in [-0.2, -0.15) is 0 Å². The molecule has 0 aliphatic carbocycles. The van der Waals surface area contributed by atoms with Crippen LogP contribution in [0.15, 0.2) is 24.5 Å². The summed E-state index contributed by atoms with van der Waals surface area (Å²) in [5, 5.41) is 8.94. The van der Waals surface area contributed by atoms with E-state index in [4.69, 9.17) is 5.11 Å². The lowest BCUT2D eigenvalue weighted by atomic mass is 10.1. The zero-order valence-electron chi connectivity index (χ0n) is 9.34. The zero-order valence-corrected chi connectivity index (χ0v) is 9.34. The smallest absolute Gasteiger partial charge is 0.307 e. The van der Waals surface area contributed by atoms with Crippen LogP contribution in [0.1, 0.15) is 24.9 Å². The molecule has 2 unspecified atom stereocenters. The molecule has 1 N–H and O–H groups in total. The van der Waals surface area contributed by atoms with Crippen molar-refractivity contribution in [3.8, 4) is 0 Å². The lowest BCUT2D eigenvalue weighted by molar-refractivity contribution is -0.141. The summed E-state index contributed by atoms with van der Waals surface area (Å²) in [6.45, 7) is 3.60. The lowest BCUT2D eigenvalue weighted by Crippen LogP contribution is -2.26. The Kier molecular flexibility index (Phi) is 3.19. The highest BCUT2D eigenvalue weighted by atomic mass is 16.4. The van der Waals surface area contributed by atoms with E-state index in [-0.39, 0.29) is 12.0 Å². The molecule has 0 saturated carbocycles. The first kappa shape index (κ1) is 11.1.